The molecule has 0 spiro atoms. The third-order valence-corrected chi connectivity index (χ3v) is 3.66. The van der Waals surface area contributed by atoms with E-state index in [1.807, 2.05) is 29.2 Å². The van der Waals surface area contributed by atoms with Gasteiger partial charge in [0, 0.05) is 12.2 Å². The molecule has 1 unspecified atom stereocenters. The lowest BCUT2D eigenvalue weighted by atomic mass is 9.93. The standard InChI is InChI=1S/C16H15FN2O2/c1-10-6-11-4-2-3-5-14(11)19(9-10)15-13(16(20)21)7-12(17)8-18-15/h2-5,7-8,10H,6,9H2,1H3,(H,20,21). The number of anilines is 2. The third-order valence-electron chi connectivity index (χ3n) is 3.66. The quantitative estimate of drug-likeness (QED) is 0.920. The summed E-state index contributed by atoms with van der Waals surface area (Å²) in [5.74, 6) is -1.15. The fourth-order valence-corrected chi connectivity index (χ4v) is 2.80. The van der Waals surface area contributed by atoms with E-state index in [0.717, 1.165) is 29.9 Å². The van der Waals surface area contributed by atoms with Crippen LogP contribution in [0.2, 0.25) is 0 Å². The molecule has 0 aliphatic carbocycles. The molecule has 0 fully saturated rings. The average molecular weight is 286 g/mol. The number of nitrogens with zero attached hydrogens (tertiary/aromatic N) is 2. The van der Waals surface area contributed by atoms with E-state index in [-0.39, 0.29) is 5.56 Å². The van der Waals surface area contributed by atoms with Gasteiger partial charge in [-0.3, -0.25) is 0 Å². The molecule has 2 aromatic rings. The summed E-state index contributed by atoms with van der Waals surface area (Å²) >= 11 is 0. The van der Waals surface area contributed by atoms with Crippen molar-refractivity contribution < 1.29 is 14.3 Å². The largest absolute Gasteiger partial charge is 0.478 e. The van der Waals surface area contributed by atoms with Crippen LogP contribution >= 0.6 is 0 Å². The maximum absolute atomic E-state index is 13.3. The van der Waals surface area contributed by atoms with Gasteiger partial charge in [-0.05, 0) is 30.0 Å². The summed E-state index contributed by atoms with van der Waals surface area (Å²) in [5, 5.41) is 9.30. The van der Waals surface area contributed by atoms with Crippen molar-refractivity contribution in [1.82, 2.24) is 4.98 Å². The first-order valence-corrected chi connectivity index (χ1v) is 6.80. The van der Waals surface area contributed by atoms with Crippen LogP contribution in [-0.4, -0.2) is 22.6 Å². The zero-order valence-electron chi connectivity index (χ0n) is 11.6. The number of para-hydroxylation sites is 1. The Hall–Kier alpha value is -2.43. The van der Waals surface area contributed by atoms with Crippen LogP contribution in [0, 0.1) is 11.7 Å². The molecule has 0 radical (unpaired) electrons. The molecule has 108 valence electrons. The molecule has 1 aromatic carbocycles. The van der Waals surface area contributed by atoms with Crippen molar-refractivity contribution in [1.29, 1.82) is 0 Å². The fraction of sp³-hybridized carbons (Fsp3) is 0.250. The number of hydrogen-bond acceptors (Lipinski definition) is 3. The van der Waals surface area contributed by atoms with Crippen molar-refractivity contribution in [2.75, 3.05) is 11.4 Å². The Morgan fingerprint density at radius 3 is 2.95 bits per heavy atom. The normalized spacial score (nSPS) is 17.4. The van der Waals surface area contributed by atoms with Crippen LogP contribution in [0.25, 0.3) is 0 Å². The van der Waals surface area contributed by atoms with Gasteiger partial charge >= 0.3 is 5.97 Å². The monoisotopic (exact) mass is 286 g/mol. The summed E-state index contributed by atoms with van der Waals surface area (Å²) < 4.78 is 13.3. The number of aromatic carboxylic acids is 1. The molecule has 3 rings (SSSR count). The van der Waals surface area contributed by atoms with Crippen molar-refractivity contribution in [2.45, 2.75) is 13.3 Å². The van der Waals surface area contributed by atoms with Crippen molar-refractivity contribution >= 4 is 17.5 Å². The number of rotatable bonds is 2. The number of carboxylic acids is 1. The van der Waals surface area contributed by atoms with Crippen LogP contribution in [0.3, 0.4) is 0 Å². The highest BCUT2D eigenvalue weighted by atomic mass is 19.1. The lowest BCUT2D eigenvalue weighted by Crippen LogP contribution is -2.32. The molecule has 0 amide bonds. The minimum atomic E-state index is -1.17. The summed E-state index contributed by atoms with van der Waals surface area (Å²) in [6, 6.07) is 8.86. The van der Waals surface area contributed by atoms with Crippen LogP contribution in [0.15, 0.2) is 36.5 Å². The molecule has 1 atom stereocenters. The van der Waals surface area contributed by atoms with E-state index in [1.54, 1.807) is 0 Å². The van der Waals surface area contributed by atoms with Gasteiger partial charge in [0.25, 0.3) is 0 Å². The number of aromatic nitrogens is 1. The summed E-state index contributed by atoms with van der Waals surface area (Å²) in [5.41, 5.74) is 1.98. The molecule has 5 heteroatoms. The van der Waals surface area contributed by atoms with Gasteiger partial charge in [0.05, 0.1) is 6.20 Å². The Bertz CT molecular complexity index is 702. The van der Waals surface area contributed by atoms with Crippen LogP contribution in [0.1, 0.15) is 22.8 Å². The summed E-state index contributed by atoms with van der Waals surface area (Å²) in [4.78, 5) is 17.3. The van der Waals surface area contributed by atoms with Crippen molar-refractivity contribution in [3.8, 4) is 0 Å². The molecule has 21 heavy (non-hydrogen) atoms. The third kappa shape index (κ3) is 2.46. The molecule has 1 N–H and O–H groups in total. The number of carboxylic acid groups (broad SMARTS) is 1. The second kappa shape index (κ2) is 5.16. The molecule has 2 heterocycles. The van der Waals surface area contributed by atoms with Gasteiger partial charge in [0.15, 0.2) is 0 Å². The maximum atomic E-state index is 13.3. The van der Waals surface area contributed by atoms with Gasteiger partial charge in [-0.25, -0.2) is 14.2 Å². The molecule has 0 bridgehead atoms. The van der Waals surface area contributed by atoms with Crippen molar-refractivity contribution in [3.05, 3.63) is 53.5 Å². The van der Waals surface area contributed by atoms with E-state index in [0.29, 0.717) is 18.3 Å². The molecular weight excluding hydrogens is 271 g/mol. The van der Waals surface area contributed by atoms with E-state index in [1.165, 1.54) is 0 Å². The smallest absolute Gasteiger partial charge is 0.339 e. The highest BCUT2D eigenvalue weighted by molar-refractivity contribution is 5.94. The zero-order chi connectivity index (χ0) is 15.0. The SMILES string of the molecule is CC1Cc2ccccc2N(c2ncc(F)cc2C(=O)O)C1. The summed E-state index contributed by atoms with van der Waals surface area (Å²) in [6.07, 6.45) is 2.00. The Kier molecular flexibility index (Phi) is 3.33. The predicted molar refractivity (Wildman–Crippen MR) is 77.5 cm³/mol. The van der Waals surface area contributed by atoms with Gasteiger partial charge in [-0.1, -0.05) is 25.1 Å². The minimum Gasteiger partial charge on any atom is -0.478 e. The Morgan fingerprint density at radius 1 is 1.43 bits per heavy atom. The van der Waals surface area contributed by atoms with E-state index in [9.17, 15) is 14.3 Å². The molecule has 1 aliphatic rings. The average Bonchev–Trinajstić information content (AvgIpc) is 2.46. The van der Waals surface area contributed by atoms with Gasteiger partial charge in [-0.15, -0.1) is 0 Å². The Balaban J connectivity index is 2.15. The van der Waals surface area contributed by atoms with Crippen LogP contribution in [-0.2, 0) is 6.42 Å². The van der Waals surface area contributed by atoms with E-state index < -0.39 is 11.8 Å². The zero-order valence-corrected chi connectivity index (χ0v) is 11.6. The molecule has 0 saturated heterocycles. The number of fused-ring (bicyclic) bond motifs is 1. The summed E-state index contributed by atoms with van der Waals surface area (Å²) in [6.45, 7) is 2.77. The van der Waals surface area contributed by atoms with E-state index in [2.05, 4.69) is 11.9 Å². The number of pyridine rings is 1. The highest BCUT2D eigenvalue weighted by Crippen LogP contribution is 2.35. The van der Waals surface area contributed by atoms with Gasteiger partial charge < -0.3 is 10.0 Å². The molecule has 0 saturated carbocycles. The second-order valence-electron chi connectivity index (χ2n) is 5.38. The summed E-state index contributed by atoms with van der Waals surface area (Å²) in [7, 11) is 0. The molecular formula is C16H15FN2O2. The minimum absolute atomic E-state index is 0.112. The Morgan fingerprint density at radius 2 is 2.19 bits per heavy atom. The number of halogens is 1. The first kappa shape index (κ1) is 13.5. The van der Waals surface area contributed by atoms with Crippen molar-refractivity contribution in [3.63, 3.8) is 0 Å². The van der Waals surface area contributed by atoms with Crippen LogP contribution < -0.4 is 4.90 Å². The molecule has 4 nitrogen and oxygen atoms in total. The Labute approximate surface area is 121 Å². The van der Waals surface area contributed by atoms with Crippen LogP contribution in [0.5, 0.6) is 0 Å². The lowest BCUT2D eigenvalue weighted by Gasteiger charge is -2.34. The molecule has 1 aromatic heterocycles. The first-order chi connectivity index (χ1) is 10.1. The topological polar surface area (TPSA) is 53.4 Å². The lowest BCUT2D eigenvalue weighted by molar-refractivity contribution is 0.0696. The number of hydrogen-bond donors (Lipinski definition) is 1. The first-order valence-electron chi connectivity index (χ1n) is 6.80. The second-order valence-corrected chi connectivity index (χ2v) is 5.38. The fourth-order valence-electron chi connectivity index (χ4n) is 2.80. The van der Waals surface area contributed by atoms with Gasteiger partial charge in [0.1, 0.15) is 17.2 Å². The van der Waals surface area contributed by atoms with Crippen LogP contribution in [0.4, 0.5) is 15.9 Å². The number of benzene rings is 1. The van der Waals surface area contributed by atoms with E-state index in [4.69, 9.17) is 0 Å². The maximum Gasteiger partial charge on any atom is 0.339 e. The van der Waals surface area contributed by atoms with Crippen molar-refractivity contribution in [2.24, 2.45) is 5.92 Å². The predicted octanol–water partition coefficient (Wildman–Crippen LogP) is 3.25. The van der Waals surface area contributed by atoms with E-state index >= 15 is 0 Å². The highest BCUT2D eigenvalue weighted by Gasteiger charge is 2.27. The molecule has 1 aliphatic heterocycles. The van der Waals surface area contributed by atoms with Gasteiger partial charge in [0.2, 0.25) is 0 Å². The number of carbonyl (C=O) groups is 1. The van der Waals surface area contributed by atoms with Gasteiger partial charge in [-0.2, -0.15) is 0 Å².